The molecule has 0 amide bonds. The SMILES string of the molecule is COC(=O)CC1CC2C(=O)CC1(C)C2(C)C. The second-order valence-electron chi connectivity index (χ2n) is 6.05. The Morgan fingerprint density at radius 1 is 1.44 bits per heavy atom. The minimum atomic E-state index is -0.151. The molecule has 0 aromatic carbocycles. The van der Waals surface area contributed by atoms with E-state index in [4.69, 9.17) is 4.74 Å². The highest BCUT2D eigenvalue weighted by molar-refractivity contribution is 5.87. The third kappa shape index (κ3) is 1.26. The molecule has 16 heavy (non-hydrogen) atoms. The van der Waals surface area contributed by atoms with E-state index in [2.05, 4.69) is 20.8 Å². The van der Waals surface area contributed by atoms with Crippen molar-refractivity contribution in [3.63, 3.8) is 0 Å². The van der Waals surface area contributed by atoms with Gasteiger partial charge in [-0.05, 0) is 23.2 Å². The fourth-order valence-corrected chi connectivity index (χ4v) is 3.75. The van der Waals surface area contributed by atoms with Gasteiger partial charge in [-0.15, -0.1) is 0 Å². The van der Waals surface area contributed by atoms with Gasteiger partial charge < -0.3 is 4.74 Å². The number of fused-ring (bicyclic) bond motifs is 2. The van der Waals surface area contributed by atoms with Crippen molar-refractivity contribution < 1.29 is 14.3 Å². The molecule has 2 saturated carbocycles. The highest BCUT2D eigenvalue weighted by Crippen LogP contribution is 2.67. The molecule has 3 unspecified atom stereocenters. The van der Waals surface area contributed by atoms with Gasteiger partial charge in [-0.1, -0.05) is 20.8 Å². The van der Waals surface area contributed by atoms with Crippen molar-refractivity contribution in [2.75, 3.05) is 7.11 Å². The van der Waals surface area contributed by atoms with Crippen LogP contribution in [0.5, 0.6) is 0 Å². The van der Waals surface area contributed by atoms with Crippen LogP contribution in [0.2, 0.25) is 0 Å². The van der Waals surface area contributed by atoms with Gasteiger partial charge in [0.15, 0.2) is 0 Å². The Morgan fingerprint density at radius 2 is 2.06 bits per heavy atom. The summed E-state index contributed by atoms with van der Waals surface area (Å²) in [6.07, 6.45) is 1.95. The number of hydrogen-bond acceptors (Lipinski definition) is 3. The van der Waals surface area contributed by atoms with Crippen LogP contribution in [0.15, 0.2) is 0 Å². The number of ether oxygens (including phenoxy) is 1. The van der Waals surface area contributed by atoms with Gasteiger partial charge in [0.05, 0.1) is 7.11 Å². The Kier molecular flexibility index (Phi) is 2.41. The van der Waals surface area contributed by atoms with Crippen LogP contribution in [0.4, 0.5) is 0 Å². The molecule has 0 aromatic heterocycles. The number of methoxy groups -OCH3 is 1. The first kappa shape index (κ1) is 11.6. The van der Waals surface area contributed by atoms with E-state index >= 15 is 0 Å². The van der Waals surface area contributed by atoms with Crippen LogP contribution in [-0.4, -0.2) is 18.9 Å². The molecule has 2 rings (SSSR count). The van der Waals surface area contributed by atoms with E-state index in [1.165, 1.54) is 7.11 Å². The number of carbonyl (C=O) groups excluding carboxylic acids is 2. The van der Waals surface area contributed by atoms with Gasteiger partial charge in [-0.2, -0.15) is 0 Å². The van der Waals surface area contributed by atoms with Crippen LogP contribution in [-0.2, 0) is 14.3 Å². The summed E-state index contributed by atoms with van der Waals surface area (Å²) in [5.41, 5.74) is 0.00567. The maximum absolute atomic E-state index is 11.8. The fourth-order valence-electron chi connectivity index (χ4n) is 3.75. The summed E-state index contributed by atoms with van der Waals surface area (Å²) in [6.45, 7) is 6.49. The summed E-state index contributed by atoms with van der Waals surface area (Å²) >= 11 is 0. The summed E-state index contributed by atoms with van der Waals surface area (Å²) in [7, 11) is 1.42. The molecule has 2 fully saturated rings. The molecule has 0 aliphatic heterocycles. The lowest BCUT2D eigenvalue weighted by molar-refractivity contribution is -0.143. The van der Waals surface area contributed by atoms with E-state index in [9.17, 15) is 9.59 Å². The average Bonchev–Trinajstić information content (AvgIpc) is 2.47. The molecular formula is C13H20O3. The monoisotopic (exact) mass is 224 g/mol. The topological polar surface area (TPSA) is 43.4 Å². The third-order valence-corrected chi connectivity index (χ3v) is 5.34. The lowest BCUT2D eigenvalue weighted by Gasteiger charge is -2.38. The second kappa shape index (κ2) is 3.31. The molecule has 2 bridgehead atoms. The number of carbonyl (C=O) groups is 2. The Balaban J connectivity index is 2.23. The lowest BCUT2D eigenvalue weighted by Crippen LogP contribution is -2.33. The van der Waals surface area contributed by atoms with Gasteiger partial charge in [0.1, 0.15) is 5.78 Å². The van der Waals surface area contributed by atoms with Gasteiger partial charge in [0.25, 0.3) is 0 Å². The van der Waals surface area contributed by atoms with E-state index in [1.807, 2.05) is 0 Å². The molecule has 3 heteroatoms. The predicted octanol–water partition coefficient (Wildman–Crippen LogP) is 2.19. The van der Waals surface area contributed by atoms with Crippen LogP contribution in [0.25, 0.3) is 0 Å². The van der Waals surface area contributed by atoms with E-state index in [1.54, 1.807) is 0 Å². The van der Waals surface area contributed by atoms with Crippen molar-refractivity contribution in [3.8, 4) is 0 Å². The zero-order valence-corrected chi connectivity index (χ0v) is 10.5. The van der Waals surface area contributed by atoms with Crippen molar-refractivity contribution >= 4 is 11.8 Å². The van der Waals surface area contributed by atoms with Gasteiger partial charge in [0.2, 0.25) is 0 Å². The standard InChI is InChI=1S/C13H20O3/c1-12(2)9-5-8(6-11(15)16-4)13(12,3)7-10(9)14/h8-9H,5-7H2,1-4H3. The molecule has 0 spiro atoms. The van der Waals surface area contributed by atoms with Crippen molar-refractivity contribution in [1.82, 2.24) is 0 Å². The Hall–Kier alpha value is -0.860. The maximum atomic E-state index is 11.8. The van der Waals surface area contributed by atoms with E-state index in [0.29, 0.717) is 24.5 Å². The van der Waals surface area contributed by atoms with E-state index < -0.39 is 0 Å². The largest absolute Gasteiger partial charge is 0.469 e. The normalized spacial score (nSPS) is 40.1. The molecular weight excluding hydrogens is 204 g/mol. The minimum Gasteiger partial charge on any atom is -0.469 e. The molecule has 2 aliphatic rings. The van der Waals surface area contributed by atoms with Crippen molar-refractivity contribution in [1.29, 1.82) is 0 Å². The molecule has 0 aromatic rings. The van der Waals surface area contributed by atoms with Gasteiger partial charge in [-0.25, -0.2) is 0 Å². The molecule has 0 N–H and O–H groups in total. The van der Waals surface area contributed by atoms with Crippen molar-refractivity contribution in [2.45, 2.75) is 40.0 Å². The van der Waals surface area contributed by atoms with Gasteiger partial charge >= 0.3 is 5.97 Å². The third-order valence-electron chi connectivity index (χ3n) is 5.34. The molecule has 0 saturated heterocycles. The predicted molar refractivity (Wildman–Crippen MR) is 59.7 cm³/mol. The number of esters is 1. The van der Waals surface area contributed by atoms with Crippen LogP contribution in [0, 0.1) is 22.7 Å². The van der Waals surface area contributed by atoms with Crippen LogP contribution in [0.1, 0.15) is 40.0 Å². The summed E-state index contributed by atoms with van der Waals surface area (Å²) in [6, 6.07) is 0. The van der Waals surface area contributed by atoms with Gasteiger partial charge in [-0.3, -0.25) is 9.59 Å². The van der Waals surface area contributed by atoms with Crippen LogP contribution >= 0.6 is 0 Å². The summed E-state index contributed by atoms with van der Waals surface area (Å²) in [5.74, 6) is 0.681. The maximum Gasteiger partial charge on any atom is 0.305 e. The minimum absolute atomic E-state index is 0.0249. The fraction of sp³-hybridized carbons (Fsp3) is 0.846. The first-order valence-corrected chi connectivity index (χ1v) is 5.92. The quantitative estimate of drug-likeness (QED) is 0.675. The summed E-state index contributed by atoms with van der Waals surface area (Å²) < 4.78 is 4.74. The van der Waals surface area contributed by atoms with Crippen molar-refractivity contribution in [3.05, 3.63) is 0 Å². The molecule has 3 nitrogen and oxygen atoms in total. The number of rotatable bonds is 2. The zero-order chi connectivity index (χ0) is 12.1. The zero-order valence-electron chi connectivity index (χ0n) is 10.5. The first-order valence-electron chi connectivity index (χ1n) is 5.92. The van der Waals surface area contributed by atoms with Gasteiger partial charge in [0, 0.05) is 18.8 Å². The average molecular weight is 224 g/mol. The molecule has 0 heterocycles. The Bertz CT molecular complexity index is 345. The lowest BCUT2D eigenvalue weighted by atomic mass is 9.66. The number of Topliss-reactive ketones (excluding diaryl/α,β-unsaturated/α-hetero) is 1. The Morgan fingerprint density at radius 3 is 2.44 bits per heavy atom. The van der Waals surface area contributed by atoms with Crippen LogP contribution < -0.4 is 0 Å². The molecule has 90 valence electrons. The first-order chi connectivity index (χ1) is 7.33. The van der Waals surface area contributed by atoms with Crippen molar-refractivity contribution in [2.24, 2.45) is 22.7 Å². The Labute approximate surface area is 96.5 Å². The summed E-state index contributed by atoms with van der Waals surface area (Å²) in [4.78, 5) is 23.2. The summed E-state index contributed by atoms with van der Waals surface area (Å²) in [5, 5.41) is 0. The molecule has 3 atom stereocenters. The number of hydrogen-bond donors (Lipinski definition) is 0. The molecule has 0 radical (unpaired) electrons. The van der Waals surface area contributed by atoms with Crippen LogP contribution in [0.3, 0.4) is 0 Å². The smallest absolute Gasteiger partial charge is 0.305 e. The highest BCUT2D eigenvalue weighted by Gasteiger charge is 2.65. The highest BCUT2D eigenvalue weighted by atomic mass is 16.5. The van der Waals surface area contributed by atoms with E-state index in [-0.39, 0.29) is 22.7 Å². The van der Waals surface area contributed by atoms with E-state index in [0.717, 1.165) is 6.42 Å². The number of ketones is 1. The molecule has 2 aliphatic carbocycles. The second-order valence-corrected chi connectivity index (χ2v) is 6.05.